The topological polar surface area (TPSA) is 65.4 Å². The number of anilines is 1. The fourth-order valence-electron chi connectivity index (χ4n) is 3.49. The molecular formula is C26H23F2N3O3. The van der Waals surface area contributed by atoms with E-state index in [1.807, 2.05) is 19.1 Å². The number of rotatable bonds is 8. The smallest absolute Gasteiger partial charge is 0.226 e. The van der Waals surface area contributed by atoms with Gasteiger partial charge in [-0.2, -0.15) is 5.10 Å². The van der Waals surface area contributed by atoms with Gasteiger partial charge >= 0.3 is 0 Å². The van der Waals surface area contributed by atoms with Crippen molar-refractivity contribution < 1.29 is 23.0 Å². The van der Waals surface area contributed by atoms with Gasteiger partial charge in [0.1, 0.15) is 11.6 Å². The van der Waals surface area contributed by atoms with Crippen LogP contribution >= 0.6 is 0 Å². The molecule has 0 saturated heterocycles. The Kier molecular flexibility index (Phi) is 6.87. The van der Waals surface area contributed by atoms with Crippen LogP contribution in [0.5, 0.6) is 17.4 Å². The lowest BCUT2D eigenvalue weighted by atomic mass is 10.1. The molecule has 0 aliphatic rings. The Morgan fingerprint density at radius 1 is 0.941 bits per heavy atom. The molecule has 3 aromatic carbocycles. The van der Waals surface area contributed by atoms with Gasteiger partial charge in [-0.25, -0.2) is 13.5 Å². The van der Waals surface area contributed by atoms with Crippen LogP contribution in [-0.4, -0.2) is 22.8 Å². The predicted molar refractivity (Wildman–Crippen MR) is 125 cm³/mol. The summed E-state index contributed by atoms with van der Waals surface area (Å²) in [5.41, 5.74) is 2.51. The van der Waals surface area contributed by atoms with Crippen molar-refractivity contribution in [2.24, 2.45) is 0 Å². The summed E-state index contributed by atoms with van der Waals surface area (Å²) in [7, 11) is 1.55. The number of hydrogen-bond acceptors (Lipinski definition) is 4. The molecule has 1 amide bonds. The summed E-state index contributed by atoms with van der Waals surface area (Å²) in [4.78, 5) is 12.5. The SMILES string of the molecule is COc1ccccc1Oc1c(CCC(=O)Nc2ccc(F)cc2)c(C)nn1-c1ccc(F)cc1. The molecule has 0 bridgehead atoms. The van der Waals surface area contributed by atoms with E-state index in [0.29, 0.717) is 40.9 Å². The van der Waals surface area contributed by atoms with E-state index in [-0.39, 0.29) is 24.0 Å². The number of benzene rings is 3. The lowest BCUT2D eigenvalue weighted by Gasteiger charge is -2.14. The summed E-state index contributed by atoms with van der Waals surface area (Å²) < 4.78 is 39.8. The Hall–Kier alpha value is -4.20. The molecule has 8 heteroatoms. The van der Waals surface area contributed by atoms with Gasteiger partial charge in [0.2, 0.25) is 11.8 Å². The maximum atomic E-state index is 13.5. The van der Waals surface area contributed by atoms with E-state index in [0.717, 1.165) is 5.56 Å². The van der Waals surface area contributed by atoms with Gasteiger partial charge in [0.25, 0.3) is 0 Å². The van der Waals surface area contributed by atoms with Gasteiger partial charge in [-0.15, -0.1) is 0 Å². The number of aryl methyl sites for hydroxylation is 1. The van der Waals surface area contributed by atoms with E-state index >= 15 is 0 Å². The molecule has 1 aromatic heterocycles. The van der Waals surface area contributed by atoms with Crippen molar-refractivity contribution in [2.75, 3.05) is 12.4 Å². The molecule has 6 nitrogen and oxygen atoms in total. The number of amides is 1. The standard InChI is InChI=1S/C26H23F2N3O3/c1-17-22(15-16-25(32)29-20-11-7-18(27)8-12-20)26(34-24-6-4-3-5-23(24)33-2)31(30-17)21-13-9-19(28)10-14-21/h3-14H,15-16H2,1-2H3,(H,29,32). The number of methoxy groups -OCH3 is 1. The number of halogens is 2. The average Bonchev–Trinajstić information content (AvgIpc) is 3.15. The van der Waals surface area contributed by atoms with Gasteiger partial charge in [0.15, 0.2) is 11.5 Å². The average molecular weight is 463 g/mol. The van der Waals surface area contributed by atoms with Crippen molar-refractivity contribution >= 4 is 11.6 Å². The van der Waals surface area contributed by atoms with Crippen molar-refractivity contribution in [1.29, 1.82) is 0 Å². The molecule has 0 atom stereocenters. The Labute approximate surface area is 195 Å². The van der Waals surface area contributed by atoms with Crippen LogP contribution in [-0.2, 0) is 11.2 Å². The summed E-state index contributed by atoms with van der Waals surface area (Å²) in [6.07, 6.45) is 0.486. The third-order valence-electron chi connectivity index (χ3n) is 5.21. The Balaban J connectivity index is 1.63. The zero-order valence-corrected chi connectivity index (χ0v) is 18.7. The third kappa shape index (κ3) is 5.23. The molecule has 174 valence electrons. The largest absolute Gasteiger partial charge is 0.493 e. The second-order valence-corrected chi connectivity index (χ2v) is 7.57. The van der Waals surface area contributed by atoms with Gasteiger partial charge in [0, 0.05) is 17.7 Å². The summed E-state index contributed by atoms with van der Waals surface area (Å²) in [6, 6.07) is 18.6. The second kappa shape index (κ2) is 10.2. The maximum Gasteiger partial charge on any atom is 0.226 e. The van der Waals surface area contributed by atoms with Gasteiger partial charge in [-0.3, -0.25) is 4.79 Å². The number of aromatic nitrogens is 2. The monoisotopic (exact) mass is 463 g/mol. The molecule has 1 N–H and O–H groups in total. The number of hydrogen-bond donors (Lipinski definition) is 1. The minimum absolute atomic E-state index is 0.148. The molecule has 0 aliphatic heterocycles. The van der Waals surface area contributed by atoms with Gasteiger partial charge < -0.3 is 14.8 Å². The molecule has 0 spiro atoms. The lowest BCUT2D eigenvalue weighted by Crippen LogP contribution is -2.12. The normalized spacial score (nSPS) is 10.7. The van der Waals surface area contributed by atoms with E-state index in [2.05, 4.69) is 10.4 Å². The molecule has 4 rings (SSSR count). The first-order chi connectivity index (χ1) is 16.4. The highest BCUT2D eigenvalue weighted by atomic mass is 19.1. The number of carbonyl (C=O) groups is 1. The van der Waals surface area contributed by atoms with Crippen molar-refractivity contribution in [2.45, 2.75) is 19.8 Å². The molecule has 0 fully saturated rings. The van der Waals surface area contributed by atoms with Crippen LogP contribution in [0.3, 0.4) is 0 Å². The van der Waals surface area contributed by atoms with Gasteiger partial charge in [-0.1, -0.05) is 12.1 Å². The summed E-state index contributed by atoms with van der Waals surface area (Å²) in [5.74, 6) is 0.446. The van der Waals surface area contributed by atoms with Crippen molar-refractivity contribution in [3.05, 3.63) is 95.7 Å². The number of carbonyl (C=O) groups excluding carboxylic acids is 1. The first kappa shape index (κ1) is 23.0. The number of nitrogens with zero attached hydrogens (tertiary/aromatic N) is 2. The van der Waals surface area contributed by atoms with Crippen molar-refractivity contribution in [1.82, 2.24) is 9.78 Å². The predicted octanol–water partition coefficient (Wildman–Crippen LogP) is 5.83. The Bertz CT molecular complexity index is 1290. The Morgan fingerprint density at radius 2 is 1.56 bits per heavy atom. The van der Waals surface area contributed by atoms with E-state index < -0.39 is 0 Å². The minimum atomic E-state index is -0.375. The van der Waals surface area contributed by atoms with E-state index in [1.165, 1.54) is 36.4 Å². The summed E-state index contributed by atoms with van der Waals surface area (Å²) in [5, 5.41) is 7.34. The number of ether oxygens (including phenoxy) is 2. The molecule has 0 radical (unpaired) electrons. The number of para-hydroxylation sites is 2. The molecular weight excluding hydrogens is 440 g/mol. The first-order valence-corrected chi connectivity index (χ1v) is 10.7. The van der Waals surface area contributed by atoms with Crippen molar-refractivity contribution in [3.8, 4) is 23.1 Å². The van der Waals surface area contributed by atoms with Gasteiger partial charge in [0.05, 0.1) is 18.5 Å². The third-order valence-corrected chi connectivity index (χ3v) is 5.21. The lowest BCUT2D eigenvalue weighted by molar-refractivity contribution is -0.116. The molecule has 34 heavy (non-hydrogen) atoms. The fourth-order valence-corrected chi connectivity index (χ4v) is 3.49. The first-order valence-electron chi connectivity index (χ1n) is 10.7. The van der Waals surface area contributed by atoms with Crippen LogP contribution in [0.4, 0.5) is 14.5 Å². The zero-order chi connectivity index (χ0) is 24.1. The highest BCUT2D eigenvalue weighted by Crippen LogP contribution is 2.36. The molecule has 4 aromatic rings. The van der Waals surface area contributed by atoms with Crippen LogP contribution in [0.1, 0.15) is 17.7 Å². The van der Waals surface area contributed by atoms with Crippen LogP contribution in [0.25, 0.3) is 5.69 Å². The fraction of sp³-hybridized carbons (Fsp3) is 0.154. The highest BCUT2D eigenvalue weighted by molar-refractivity contribution is 5.90. The van der Waals surface area contributed by atoms with Gasteiger partial charge in [-0.05, 0) is 74.0 Å². The quantitative estimate of drug-likeness (QED) is 0.357. The Morgan fingerprint density at radius 3 is 2.21 bits per heavy atom. The summed E-state index contributed by atoms with van der Waals surface area (Å²) >= 11 is 0. The maximum absolute atomic E-state index is 13.5. The summed E-state index contributed by atoms with van der Waals surface area (Å²) in [6.45, 7) is 1.82. The second-order valence-electron chi connectivity index (χ2n) is 7.57. The van der Waals surface area contributed by atoms with Crippen LogP contribution in [0.15, 0.2) is 72.8 Å². The van der Waals surface area contributed by atoms with Crippen molar-refractivity contribution in [3.63, 3.8) is 0 Å². The van der Waals surface area contributed by atoms with E-state index in [4.69, 9.17) is 9.47 Å². The van der Waals surface area contributed by atoms with Crippen LogP contribution in [0, 0.1) is 18.6 Å². The zero-order valence-electron chi connectivity index (χ0n) is 18.7. The molecule has 0 aliphatic carbocycles. The minimum Gasteiger partial charge on any atom is -0.493 e. The molecule has 0 unspecified atom stereocenters. The number of nitrogens with one attached hydrogen (secondary N) is 1. The van der Waals surface area contributed by atoms with E-state index in [9.17, 15) is 13.6 Å². The van der Waals surface area contributed by atoms with Crippen LogP contribution in [0.2, 0.25) is 0 Å². The highest BCUT2D eigenvalue weighted by Gasteiger charge is 2.21. The van der Waals surface area contributed by atoms with Crippen LogP contribution < -0.4 is 14.8 Å². The molecule has 0 saturated carbocycles. The molecule has 1 heterocycles. The van der Waals surface area contributed by atoms with E-state index in [1.54, 1.807) is 36.1 Å².